The molecule has 4 heteroatoms. The molecule has 0 aromatic heterocycles. The van der Waals surface area contributed by atoms with E-state index in [1.54, 1.807) is 0 Å². The molecule has 82 valence electrons. The van der Waals surface area contributed by atoms with E-state index in [0.717, 1.165) is 45.7 Å². The number of piperidine rings is 1. The number of nitrogens with one attached hydrogen (secondary N) is 1. The van der Waals surface area contributed by atoms with Crippen molar-refractivity contribution in [2.75, 3.05) is 46.3 Å². The van der Waals surface area contributed by atoms with Crippen LogP contribution in [0, 0.1) is 0 Å². The van der Waals surface area contributed by atoms with E-state index in [4.69, 9.17) is 0 Å². The minimum atomic E-state index is -0.160. The summed E-state index contributed by atoms with van der Waals surface area (Å²) < 4.78 is 0. The van der Waals surface area contributed by atoms with Crippen molar-refractivity contribution in [2.45, 2.75) is 18.6 Å². The Labute approximate surface area is 85.9 Å². The fourth-order valence-electron chi connectivity index (χ4n) is 2.52. The third kappa shape index (κ3) is 2.25. The zero-order chi connectivity index (χ0) is 9.97. The van der Waals surface area contributed by atoms with Crippen molar-refractivity contribution in [1.29, 1.82) is 0 Å². The van der Waals surface area contributed by atoms with Gasteiger partial charge in [-0.15, -0.1) is 0 Å². The molecule has 2 aliphatic rings. The first kappa shape index (κ1) is 10.4. The molecule has 0 aromatic carbocycles. The summed E-state index contributed by atoms with van der Waals surface area (Å²) in [6, 6.07) is 0.397. The molecule has 0 bridgehead atoms. The first-order valence-corrected chi connectivity index (χ1v) is 5.59. The maximum absolute atomic E-state index is 9.99. The lowest BCUT2D eigenvalue weighted by molar-refractivity contribution is -0.00977. The van der Waals surface area contributed by atoms with Gasteiger partial charge in [0.25, 0.3) is 0 Å². The predicted molar refractivity (Wildman–Crippen MR) is 56.4 cm³/mol. The molecule has 0 aromatic rings. The Morgan fingerprint density at radius 2 is 1.93 bits per heavy atom. The SMILES string of the molecule is CN1CCC(N2CCNCC2)C(O)C1. The Morgan fingerprint density at radius 3 is 2.57 bits per heavy atom. The van der Waals surface area contributed by atoms with E-state index < -0.39 is 0 Å². The van der Waals surface area contributed by atoms with Gasteiger partial charge in [-0.1, -0.05) is 0 Å². The first-order valence-electron chi connectivity index (χ1n) is 5.59. The number of likely N-dealkylation sites (tertiary alicyclic amines) is 1. The van der Waals surface area contributed by atoms with Crippen LogP contribution < -0.4 is 5.32 Å². The quantitative estimate of drug-likeness (QED) is 0.566. The van der Waals surface area contributed by atoms with E-state index in [1.165, 1.54) is 0 Å². The van der Waals surface area contributed by atoms with Gasteiger partial charge in [-0.3, -0.25) is 4.90 Å². The molecule has 0 amide bonds. The van der Waals surface area contributed by atoms with Gasteiger partial charge in [0, 0.05) is 38.8 Å². The maximum atomic E-state index is 9.99. The molecule has 0 spiro atoms. The topological polar surface area (TPSA) is 38.7 Å². The van der Waals surface area contributed by atoms with Gasteiger partial charge < -0.3 is 15.3 Å². The van der Waals surface area contributed by atoms with Gasteiger partial charge in [0.05, 0.1) is 6.10 Å². The van der Waals surface area contributed by atoms with Crippen LogP contribution in [0.25, 0.3) is 0 Å². The fraction of sp³-hybridized carbons (Fsp3) is 1.00. The lowest BCUT2D eigenvalue weighted by Gasteiger charge is -2.42. The second-order valence-corrected chi connectivity index (χ2v) is 4.47. The van der Waals surface area contributed by atoms with Crippen LogP contribution in [-0.2, 0) is 0 Å². The zero-order valence-corrected chi connectivity index (χ0v) is 8.95. The third-order valence-electron chi connectivity index (χ3n) is 3.37. The van der Waals surface area contributed by atoms with Crippen LogP contribution in [0.2, 0.25) is 0 Å². The van der Waals surface area contributed by atoms with Crippen molar-refractivity contribution in [2.24, 2.45) is 0 Å². The van der Waals surface area contributed by atoms with Crippen molar-refractivity contribution in [3.05, 3.63) is 0 Å². The number of nitrogens with zero attached hydrogens (tertiary/aromatic N) is 2. The number of hydrogen-bond acceptors (Lipinski definition) is 4. The molecule has 14 heavy (non-hydrogen) atoms. The molecule has 0 aliphatic carbocycles. The predicted octanol–water partition coefficient (Wildman–Crippen LogP) is -1.04. The van der Waals surface area contributed by atoms with Gasteiger partial charge in [-0.05, 0) is 20.0 Å². The highest BCUT2D eigenvalue weighted by Crippen LogP contribution is 2.16. The molecule has 2 rings (SSSR count). The number of β-amino-alcohol motifs (C(OH)–C–C–N with tert-alkyl or cyclic N) is 1. The average Bonchev–Trinajstić information content (AvgIpc) is 2.19. The summed E-state index contributed by atoms with van der Waals surface area (Å²) in [7, 11) is 2.08. The van der Waals surface area contributed by atoms with Gasteiger partial charge in [-0.25, -0.2) is 0 Å². The van der Waals surface area contributed by atoms with Crippen molar-refractivity contribution >= 4 is 0 Å². The number of rotatable bonds is 1. The smallest absolute Gasteiger partial charge is 0.0822 e. The maximum Gasteiger partial charge on any atom is 0.0822 e. The Bertz CT molecular complexity index is 182. The Hall–Kier alpha value is -0.160. The fourth-order valence-corrected chi connectivity index (χ4v) is 2.52. The van der Waals surface area contributed by atoms with E-state index in [2.05, 4.69) is 22.2 Å². The highest BCUT2D eigenvalue weighted by Gasteiger charge is 2.31. The van der Waals surface area contributed by atoms with E-state index in [1.807, 2.05) is 0 Å². The second-order valence-electron chi connectivity index (χ2n) is 4.47. The van der Waals surface area contributed by atoms with Gasteiger partial charge in [0.2, 0.25) is 0 Å². The summed E-state index contributed by atoms with van der Waals surface area (Å²) >= 11 is 0. The molecule has 0 radical (unpaired) electrons. The Kier molecular flexibility index (Phi) is 3.38. The Morgan fingerprint density at radius 1 is 1.21 bits per heavy atom. The summed E-state index contributed by atoms with van der Waals surface area (Å²) in [6.45, 7) is 6.26. The molecular weight excluding hydrogens is 178 g/mol. The first-order chi connectivity index (χ1) is 6.77. The molecule has 2 aliphatic heterocycles. The lowest BCUT2D eigenvalue weighted by Crippen LogP contribution is -2.57. The van der Waals surface area contributed by atoms with Gasteiger partial charge in [0.15, 0.2) is 0 Å². The average molecular weight is 199 g/mol. The largest absolute Gasteiger partial charge is 0.390 e. The van der Waals surface area contributed by atoms with Crippen LogP contribution in [0.5, 0.6) is 0 Å². The summed E-state index contributed by atoms with van der Waals surface area (Å²) in [5, 5.41) is 13.3. The van der Waals surface area contributed by atoms with Crippen molar-refractivity contribution in [3.63, 3.8) is 0 Å². The number of piperazine rings is 1. The molecule has 2 N–H and O–H groups in total. The van der Waals surface area contributed by atoms with E-state index >= 15 is 0 Å². The van der Waals surface area contributed by atoms with Crippen molar-refractivity contribution < 1.29 is 5.11 Å². The molecular formula is C10H21N3O. The van der Waals surface area contributed by atoms with Gasteiger partial charge in [-0.2, -0.15) is 0 Å². The third-order valence-corrected chi connectivity index (χ3v) is 3.37. The normalized spacial score (nSPS) is 37.3. The van der Waals surface area contributed by atoms with E-state index in [9.17, 15) is 5.11 Å². The molecule has 2 saturated heterocycles. The van der Waals surface area contributed by atoms with Crippen LogP contribution in [0.3, 0.4) is 0 Å². The molecule has 2 fully saturated rings. The summed E-state index contributed by atoms with van der Waals surface area (Å²) in [6.07, 6.45) is 0.948. The zero-order valence-electron chi connectivity index (χ0n) is 8.95. The number of aliphatic hydroxyl groups is 1. The van der Waals surface area contributed by atoms with Gasteiger partial charge >= 0.3 is 0 Å². The van der Waals surface area contributed by atoms with Crippen molar-refractivity contribution in [3.8, 4) is 0 Å². The number of hydrogen-bond donors (Lipinski definition) is 2. The second kappa shape index (κ2) is 4.57. The Balaban J connectivity index is 1.89. The van der Waals surface area contributed by atoms with Crippen LogP contribution in [-0.4, -0.2) is 73.4 Å². The standard InChI is InChI=1S/C10H21N3O/c1-12-5-2-9(10(14)8-12)13-6-3-11-4-7-13/h9-11,14H,2-8H2,1H3. The molecule has 4 nitrogen and oxygen atoms in total. The number of aliphatic hydroxyl groups excluding tert-OH is 1. The lowest BCUT2D eigenvalue weighted by atomic mass is 10.00. The monoisotopic (exact) mass is 199 g/mol. The van der Waals surface area contributed by atoms with Gasteiger partial charge in [0.1, 0.15) is 0 Å². The minimum absolute atomic E-state index is 0.160. The molecule has 2 unspecified atom stereocenters. The van der Waals surface area contributed by atoms with Crippen LogP contribution in [0.15, 0.2) is 0 Å². The molecule has 2 heterocycles. The molecule has 0 saturated carbocycles. The van der Waals surface area contributed by atoms with Crippen LogP contribution in [0.4, 0.5) is 0 Å². The summed E-state index contributed by atoms with van der Waals surface area (Å²) in [5.41, 5.74) is 0. The highest BCUT2D eigenvalue weighted by molar-refractivity contribution is 4.87. The van der Waals surface area contributed by atoms with Crippen molar-refractivity contribution in [1.82, 2.24) is 15.1 Å². The number of likely N-dealkylation sites (N-methyl/N-ethyl adjacent to an activating group) is 1. The van der Waals surface area contributed by atoms with Crippen LogP contribution >= 0.6 is 0 Å². The highest BCUT2D eigenvalue weighted by atomic mass is 16.3. The van der Waals surface area contributed by atoms with E-state index in [-0.39, 0.29) is 6.10 Å². The van der Waals surface area contributed by atoms with Crippen LogP contribution in [0.1, 0.15) is 6.42 Å². The molecule has 2 atom stereocenters. The van der Waals surface area contributed by atoms with E-state index in [0.29, 0.717) is 6.04 Å². The minimum Gasteiger partial charge on any atom is -0.390 e. The summed E-state index contributed by atoms with van der Waals surface area (Å²) in [5.74, 6) is 0. The summed E-state index contributed by atoms with van der Waals surface area (Å²) in [4.78, 5) is 4.65.